The summed E-state index contributed by atoms with van der Waals surface area (Å²) in [6, 6.07) is 6.70. The first kappa shape index (κ1) is 17.3. The minimum atomic E-state index is -4.53. The number of halogens is 3. The van der Waals surface area contributed by atoms with Crippen LogP contribution in [0.1, 0.15) is 11.3 Å². The van der Waals surface area contributed by atoms with Gasteiger partial charge in [-0.2, -0.15) is 13.2 Å². The van der Waals surface area contributed by atoms with Crippen LogP contribution < -0.4 is 5.32 Å². The van der Waals surface area contributed by atoms with Gasteiger partial charge in [0.15, 0.2) is 0 Å². The largest absolute Gasteiger partial charge is 0.456 e. The predicted octanol–water partition coefficient (Wildman–Crippen LogP) is 4.84. The molecule has 1 saturated heterocycles. The van der Waals surface area contributed by atoms with Crippen molar-refractivity contribution in [3.63, 3.8) is 0 Å². The summed E-state index contributed by atoms with van der Waals surface area (Å²) in [4.78, 5) is 27.0. The number of hydrogen-bond acceptors (Lipinski definition) is 5. The van der Waals surface area contributed by atoms with E-state index in [1.54, 1.807) is 6.07 Å². The maximum atomic E-state index is 13.3. The first-order valence-corrected chi connectivity index (χ1v) is 8.43. The maximum absolute atomic E-state index is 13.3. The number of hydrogen-bond donors (Lipinski definition) is 1. The highest BCUT2D eigenvalue weighted by Gasteiger charge is 2.34. The number of nitrogens with zero attached hydrogens (tertiary/aromatic N) is 1. The van der Waals surface area contributed by atoms with Gasteiger partial charge in [-0.15, -0.1) is 0 Å². The number of fused-ring (bicyclic) bond motifs is 1. The molecule has 3 aromatic rings. The highest BCUT2D eigenvalue weighted by molar-refractivity contribution is 8.18. The van der Waals surface area contributed by atoms with Crippen LogP contribution >= 0.6 is 11.8 Å². The van der Waals surface area contributed by atoms with Crippen molar-refractivity contribution in [3.05, 3.63) is 59.0 Å². The first-order chi connectivity index (χ1) is 12.8. The summed E-state index contributed by atoms with van der Waals surface area (Å²) in [5.41, 5.74) is -0.459. The standard InChI is InChI=1S/C18H9F3N2O3S/c19-18(20,21)13-4-2-1-3-11(13)12-8-22-7-9-5-10(26-15(9)12)6-14-16(24)23-17(25)27-14/h1-8H,(H,23,24,25)/b14-6-. The number of pyridine rings is 1. The van der Waals surface area contributed by atoms with Crippen LogP contribution in [-0.4, -0.2) is 16.1 Å². The highest BCUT2D eigenvalue weighted by Crippen LogP contribution is 2.40. The van der Waals surface area contributed by atoms with Gasteiger partial charge < -0.3 is 4.42 Å². The molecule has 1 fully saturated rings. The van der Waals surface area contributed by atoms with Gasteiger partial charge >= 0.3 is 6.18 Å². The van der Waals surface area contributed by atoms with Gasteiger partial charge in [0.25, 0.3) is 11.1 Å². The van der Waals surface area contributed by atoms with Crippen LogP contribution in [0.25, 0.3) is 28.2 Å². The predicted molar refractivity (Wildman–Crippen MR) is 93.6 cm³/mol. The Kier molecular flexibility index (Phi) is 4.03. The van der Waals surface area contributed by atoms with Gasteiger partial charge in [0.1, 0.15) is 11.3 Å². The number of benzene rings is 1. The molecule has 136 valence electrons. The van der Waals surface area contributed by atoms with Gasteiger partial charge in [-0.25, -0.2) is 0 Å². The van der Waals surface area contributed by atoms with Gasteiger partial charge in [0, 0.05) is 29.4 Å². The Morgan fingerprint density at radius 2 is 1.89 bits per heavy atom. The molecule has 0 radical (unpaired) electrons. The molecule has 2 amide bonds. The van der Waals surface area contributed by atoms with Crippen LogP contribution in [0.3, 0.4) is 0 Å². The van der Waals surface area contributed by atoms with E-state index < -0.39 is 22.9 Å². The zero-order valence-electron chi connectivity index (χ0n) is 13.3. The molecule has 5 nitrogen and oxygen atoms in total. The van der Waals surface area contributed by atoms with E-state index >= 15 is 0 Å². The minimum Gasteiger partial charge on any atom is -0.456 e. The zero-order chi connectivity index (χ0) is 19.2. The second kappa shape index (κ2) is 6.27. The fourth-order valence-electron chi connectivity index (χ4n) is 2.76. The number of carbonyl (C=O) groups is 2. The average Bonchev–Trinajstić information content (AvgIpc) is 3.16. The quantitative estimate of drug-likeness (QED) is 0.634. The third kappa shape index (κ3) is 3.21. The third-order valence-corrected chi connectivity index (χ3v) is 4.69. The van der Waals surface area contributed by atoms with Gasteiger partial charge in [0.2, 0.25) is 0 Å². The number of aromatic nitrogens is 1. The number of carbonyl (C=O) groups excluding carboxylic acids is 2. The molecule has 1 aliphatic heterocycles. The Balaban J connectivity index is 1.86. The normalized spacial score (nSPS) is 16.3. The van der Waals surface area contributed by atoms with Crippen molar-refractivity contribution in [2.24, 2.45) is 0 Å². The van der Waals surface area contributed by atoms with Crippen molar-refractivity contribution in [2.45, 2.75) is 6.18 Å². The molecule has 9 heteroatoms. The SMILES string of the molecule is O=C1NC(=O)/C(=C/c2cc3cncc(-c4ccccc4C(F)(F)F)c3o2)S1. The first-order valence-electron chi connectivity index (χ1n) is 7.62. The lowest BCUT2D eigenvalue weighted by atomic mass is 10.00. The van der Waals surface area contributed by atoms with E-state index in [0.717, 1.165) is 17.8 Å². The number of furan rings is 1. The van der Waals surface area contributed by atoms with E-state index in [0.29, 0.717) is 5.39 Å². The molecule has 2 aromatic heterocycles. The molecular formula is C18H9F3N2O3S. The number of imide groups is 1. The van der Waals surface area contributed by atoms with E-state index in [1.807, 2.05) is 0 Å². The summed E-state index contributed by atoms with van der Waals surface area (Å²) in [6.07, 6.45) is -0.416. The second-order valence-electron chi connectivity index (χ2n) is 5.65. The van der Waals surface area contributed by atoms with Crippen molar-refractivity contribution >= 4 is 40.0 Å². The van der Waals surface area contributed by atoms with Crippen LogP contribution in [0.15, 0.2) is 52.0 Å². The molecule has 27 heavy (non-hydrogen) atoms. The lowest BCUT2D eigenvalue weighted by Crippen LogP contribution is -2.17. The van der Waals surface area contributed by atoms with Gasteiger partial charge in [0.05, 0.1) is 10.5 Å². The van der Waals surface area contributed by atoms with E-state index in [1.165, 1.54) is 36.7 Å². The fourth-order valence-corrected chi connectivity index (χ4v) is 3.42. The smallest absolute Gasteiger partial charge is 0.417 e. The molecule has 0 bridgehead atoms. The van der Waals surface area contributed by atoms with Gasteiger partial charge in [-0.1, -0.05) is 18.2 Å². The van der Waals surface area contributed by atoms with Crippen molar-refractivity contribution in [1.29, 1.82) is 0 Å². The van der Waals surface area contributed by atoms with Crippen LogP contribution in [0.2, 0.25) is 0 Å². The van der Waals surface area contributed by atoms with E-state index in [2.05, 4.69) is 10.3 Å². The molecule has 0 saturated carbocycles. The fraction of sp³-hybridized carbons (Fsp3) is 0.0556. The molecule has 0 aliphatic carbocycles. The molecule has 3 heterocycles. The highest BCUT2D eigenvalue weighted by atomic mass is 32.2. The third-order valence-electron chi connectivity index (χ3n) is 3.88. The molecule has 0 unspecified atom stereocenters. The summed E-state index contributed by atoms with van der Waals surface area (Å²) in [7, 11) is 0. The molecule has 0 spiro atoms. The summed E-state index contributed by atoms with van der Waals surface area (Å²) < 4.78 is 45.7. The van der Waals surface area contributed by atoms with Crippen molar-refractivity contribution in [2.75, 3.05) is 0 Å². The number of nitrogens with one attached hydrogen (secondary N) is 1. The van der Waals surface area contributed by atoms with Gasteiger partial charge in [-0.05, 0) is 29.5 Å². The Labute approximate surface area is 154 Å². The average molecular weight is 390 g/mol. The second-order valence-corrected chi connectivity index (χ2v) is 6.66. The number of rotatable bonds is 2. The summed E-state index contributed by atoms with van der Waals surface area (Å²) >= 11 is 0.722. The Hall–Kier alpha value is -3.07. The van der Waals surface area contributed by atoms with Crippen LogP contribution in [0, 0.1) is 0 Å². The van der Waals surface area contributed by atoms with Crippen molar-refractivity contribution in [3.8, 4) is 11.1 Å². The number of alkyl halides is 3. The summed E-state index contributed by atoms with van der Waals surface area (Å²) in [5.74, 6) is -0.317. The molecule has 1 aliphatic rings. The number of amides is 2. The van der Waals surface area contributed by atoms with E-state index in [-0.39, 0.29) is 27.4 Å². The topological polar surface area (TPSA) is 72.2 Å². The zero-order valence-corrected chi connectivity index (χ0v) is 14.1. The molecule has 1 N–H and O–H groups in total. The number of thioether (sulfide) groups is 1. The van der Waals surface area contributed by atoms with Crippen molar-refractivity contribution in [1.82, 2.24) is 10.3 Å². The molecule has 1 aromatic carbocycles. The minimum absolute atomic E-state index is 0.0557. The summed E-state index contributed by atoms with van der Waals surface area (Å²) in [5, 5.41) is 2.10. The van der Waals surface area contributed by atoms with Crippen LogP contribution in [-0.2, 0) is 11.0 Å². The van der Waals surface area contributed by atoms with Crippen LogP contribution in [0.4, 0.5) is 18.0 Å². The Morgan fingerprint density at radius 1 is 1.11 bits per heavy atom. The maximum Gasteiger partial charge on any atom is 0.417 e. The van der Waals surface area contributed by atoms with Crippen molar-refractivity contribution < 1.29 is 27.2 Å². The molecule has 4 rings (SSSR count). The summed E-state index contributed by atoms with van der Waals surface area (Å²) in [6.45, 7) is 0. The van der Waals surface area contributed by atoms with E-state index in [4.69, 9.17) is 4.42 Å². The lowest BCUT2D eigenvalue weighted by molar-refractivity contribution is -0.137. The Morgan fingerprint density at radius 3 is 2.59 bits per heavy atom. The monoisotopic (exact) mass is 390 g/mol. The van der Waals surface area contributed by atoms with Crippen LogP contribution in [0.5, 0.6) is 0 Å². The molecular weight excluding hydrogens is 381 g/mol. The Bertz CT molecular complexity index is 1120. The van der Waals surface area contributed by atoms with Gasteiger partial charge in [-0.3, -0.25) is 19.9 Å². The lowest BCUT2D eigenvalue weighted by Gasteiger charge is -2.12. The molecule has 0 atom stereocenters. The van der Waals surface area contributed by atoms with E-state index in [9.17, 15) is 22.8 Å².